The van der Waals surface area contributed by atoms with Gasteiger partial charge in [-0.15, -0.1) is 0 Å². The molecule has 2 aromatic rings. The van der Waals surface area contributed by atoms with E-state index in [1.165, 1.54) is 6.20 Å². The van der Waals surface area contributed by atoms with Gasteiger partial charge in [-0.2, -0.15) is 0 Å². The van der Waals surface area contributed by atoms with E-state index in [9.17, 15) is 4.79 Å². The average Bonchev–Trinajstić information content (AvgIpc) is 2.82. The molecule has 2 aromatic heterocycles. The summed E-state index contributed by atoms with van der Waals surface area (Å²) in [5.41, 5.74) is 6.48. The highest BCUT2D eigenvalue weighted by molar-refractivity contribution is 5.98. The van der Waals surface area contributed by atoms with Gasteiger partial charge in [0.05, 0.1) is 23.8 Å². The second-order valence-electron chi connectivity index (χ2n) is 3.52. The van der Waals surface area contributed by atoms with Crippen molar-refractivity contribution in [3.63, 3.8) is 0 Å². The first-order valence-electron chi connectivity index (χ1n) is 5.21. The normalized spacial score (nSPS) is 10.1. The van der Waals surface area contributed by atoms with Crippen LogP contribution in [0.2, 0.25) is 0 Å². The molecule has 0 aliphatic rings. The van der Waals surface area contributed by atoms with Gasteiger partial charge in [-0.3, -0.25) is 9.78 Å². The van der Waals surface area contributed by atoms with Crippen LogP contribution in [0.3, 0.4) is 0 Å². The van der Waals surface area contributed by atoms with Gasteiger partial charge in [-0.1, -0.05) is 0 Å². The number of carbonyl (C=O) groups is 1. The Kier molecular flexibility index (Phi) is 3.34. The fourth-order valence-electron chi connectivity index (χ4n) is 1.43. The first-order chi connectivity index (χ1) is 8.27. The maximum atomic E-state index is 11.8. The molecule has 2 heterocycles. The number of nitrogens with two attached hydrogens (primary N) is 1. The molecule has 0 saturated carbocycles. The molecule has 0 saturated heterocycles. The monoisotopic (exact) mass is 231 g/mol. The van der Waals surface area contributed by atoms with E-state index < -0.39 is 0 Å². The molecule has 0 radical (unpaired) electrons. The molecule has 6 nitrogen and oxygen atoms in total. The molecular weight excluding hydrogens is 218 g/mol. The van der Waals surface area contributed by atoms with Crippen molar-refractivity contribution in [1.29, 1.82) is 0 Å². The highest BCUT2D eigenvalue weighted by atomic mass is 16.1. The second-order valence-corrected chi connectivity index (χ2v) is 3.52. The van der Waals surface area contributed by atoms with Gasteiger partial charge in [0, 0.05) is 31.7 Å². The zero-order chi connectivity index (χ0) is 12.1. The van der Waals surface area contributed by atoms with Crippen molar-refractivity contribution in [2.24, 2.45) is 0 Å². The number of nitrogen functional groups attached to an aromatic ring is 1. The molecule has 6 heteroatoms. The molecule has 0 spiro atoms. The number of rotatable bonds is 4. The summed E-state index contributed by atoms with van der Waals surface area (Å²) in [4.78, 5) is 19.5. The second kappa shape index (κ2) is 5.11. The van der Waals surface area contributed by atoms with E-state index >= 15 is 0 Å². The Morgan fingerprint density at radius 3 is 3.00 bits per heavy atom. The zero-order valence-corrected chi connectivity index (χ0v) is 9.21. The summed E-state index contributed by atoms with van der Waals surface area (Å²) in [6.07, 6.45) is 8.24. The zero-order valence-electron chi connectivity index (χ0n) is 9.21. The van der Waals surface area contributed by atoms with Crippen LogP contribution in [-0.4, -0.2) is 27.0 Å². The standard InChI is InChI=1S/C11H13N5O/c12-10-7-13-2-1-9(10)11(17)15-4-6-16-5-3-14-8-16/h1-3,5,7-8H,4,6,12H2,(H,15,17). The van der Waals surface area contributed by atoms with Crippen molar-refractivity contribution >= 4 is 11.6 Å². The molecule has 0 aromatic carbocycles. The Labute approximate surface area is 98.5 Å². The van der Waals surface area contributed by atoms with Crippen LogP contribution in [0.1, 0.15) is 10.4 Å². The van der Waals surface area contributed by atoms with Crippen LogP contribution in [0.15, 0.2) is 37.2 Å². The summed E-state index contributed by atoms with van der Waals surface area (Å²) >= 11 is 0. The number of nitrogens with zero attached hydrogens (tertiary/aromatic N) is 3. The van der Waals surface area contributed by atoms with E-state index in [0.29, 0.717) is 24.3 Å². The van der Waals surface area contributed by atoms with Crippen LogP contribution in [-0.2, 0) is 6.54 Å². The van der Waals surface area contributed by atoms with Crippen LogP contribution in [0, 0.1) is 0 Å². The Bertz CT molecular complexity index is 494. The number of hydrogen-bond donors (Lipinski definition) is 2. The molecule has 88 valence electrons. The largest absolute Gasteiger partial charge is 0.397 e. The maximum absolute atomic E-state index is 11.8. The van der Waals surface area contributed by atoms with E-state index in [-0.39, 0.29) is 5.91 Å². The predicted molar refractivity (Wildman–Crippen MR) is 63.2 cm³/mol. The first kappa shape index (κ1) is 11.1. The minimum absolute atomic E-state index is 0.190. The SMILES string of the molecule is Nc1cnccc1C(=O)NCCn1ccnc1. The number of nitrogens with one attached hydrogen (secondary N) is 1. The van der Waals surface area contributed by atoms with Crippen molar-refractivity contribution in [2.75, 3.05) is 12.3 Å². The van der Waals surface area contributed by atoms with Crippen LogP contribution in [0.4, 0.5) is 5.69 Å². The summed E-state index contributed by atoms with van der Waals surface area (Å²) < 4.78 is 1.89. The van der Waals surface area contributed by atoms with Gasteiger partial charge in [-0.25, -0.2) is 4.98 Å². The number of amides is 1. The third-order valence-corrected chi connectivity index (χ3v) is 2.31. The Balaban J connectivity index is 1.88. The molecule has 2 rings (SSSR count). The summed E-state index contributed by atoms with van der Waals surface area (Å²) in [5, 5.41) is 2.78. The summed E-state index contributed by atoms with van der Waals surface area (Å²) in [6, 6.07) is 1.60. The van der Waals surface area contributed by atoms with Gasteiger partial charge in [0.25, 0.3) is 5.91 Å². The highest BCUT2D eigenvalue weighted by Crippen LogP contribution is 2.07. The van der Waals surface area contributed by atoms with Crippen molar-refractivity contribution in [3.05, 3.63) is 42.7 Å². The van der Waals surface area contributed by atoms with Crippen molar-refractivity contribution in [3.8, 4) is 0 Å². The van der Waals surface area contributed by atoms with E-state index in [2.05, 4.69) is 15.3 Å². The fraction of sp³-hybridized carbons (Fsp3) is 0.182. The van der Waals surface area contributed by atoms with Crippen molar-refractivity contribution < 1.29 is 4.79 Å². The molecule has 0 aliphatic heterocycles. The molecule has 17 heavy (non-hydrogen) atoms. The van der Waals surface area contributed by atoms with E-state index in [1.54, 1.807) is 24.8 Å². The lowest BCUT2D eigenvalue weighted by molar-refractivity contribution is 0.0953. The minimum atomic E-state index is -0.190. The smallest absolute Gasteiger partial charge is 0.253 e. The van der Waals surface area contributed by atoms with Gasteiger partial charge in [0.15, 0.2) is 0 Å². The number of pyridine rings is 1. The molecule has 0 atom stereocenters. The summed E-state index contributed by atoms with van der Waals surface area (Å²) in [6.45, 7) is 1.20. The van der Waals surface area contributed by atoms with Crippen LogP contribution in [0.5, 0.6) is 0 Å². The lowest BCUT2D eigenvalue weighted by Gasteiger charge is -2.07. The number of anilines is 1. The van der Waals surface area contributed by atoms with Gasteiger partial charge in [-0.05, 0) is 6.07 Å². The summed E-state index contributed by atoms with van der Waals surface area (Å²) in [5.74, 6) is -0.190. The highest BCUT2D eigenvalue weighted by Gasteiger charge is 2.07. The van der Waals surface area contributed by atoms with Crippen molar-refractivity contribution in [2.45, 2.75) is 6.54 Å². The van der Waals surface area contributed by atoms with Crippen molar-refractivity contribution in [1.82, 2.24) is 19.9 Å². The molecule has 0 bridgehead atoms. The van der Waals surface area contributed by atoms with E-state index in [4.69, 9.17) is 5.73 Å². The van der Waals surface area contributed by atoms with E-state index in [0.717, 1.165) is 0 Å². The third-order valence-electron chi connectivity index (χ3n) is 2.31. The summed E-state index contributed by atoms with van der Waals surface area (Å²) in [7, 11) is 0. The van der Waals surface area contributed by atoms with Crippen LogP contribution >= 0.6 is 0 Å². The quantitative estimate of drug-likeness (QED) is 0.792. The van der Waals surface area contributed by atoms with Gasteiger partial charge in [0.1, 0.15) is 0 Å². The number of imidazole rings is 1. The number of carbonyl (C=O) groups excluding carboxylic acids is 1. The maximum Gasteiger partial charge on any atom is 0.253 e. The molecule has 0 aliphatic carbocycles. The fourth-order valence-corrected chi connectivity index (χ4v) is 1.43. The first-order valence-corrected chi connectivity index (χ1v) is 5.21. The average molecular weight is 231 g/mol. The molecular formula is C11H13N5O. The lowest BCUT2D eigenvalue weighted by atomic mass is 10.2. The lowest BCUT2D eigenvalue weighted by Crippen LogP contribution is -2.27. The molecule has 1 amide bonds. The topological polar surface area (TPSA) is 85.8 Å². The molecule has 3 N–H and O–H groups in total. The third kappa shape index (κ3) is 2.81. The minimum Gasteiger partial charge on any atom is -0.397 e. The van der Waals surface area contributed by atoms with E-state index in [1.807, 2.05) is 10.8 Å². The molecule has 0 fully saturated rings. The number of hydrogen-bond acceptors (Lipinski definition) is 4. The van der Waals surface area contributed by atoms with Crippen LogP contribution < -0.4 is 11.1 Å². The molecule has 0 unspecified atom stereocenters. The van der Waals surface area contributed by atoms with Gasteiger partial charge < -0.3 is 15.6 Å². The number of aromatic nitrogens is 3. The van der Waals surface area contributed by atoms with Gasteiger partial charge in [0.2, 0.25) is 0 Å². The van der Waals surface area contributed by atoms with Crippen LogP contribution in [0.25, 0.3) is 0 Å². The van der Waals surface area contributed by atoms with Gasteiger partial charge >= 0.3 is 0 Å². The Hall–Kier alpha value is -2.37. The predicted octanol–water partition coefficient (Wildman–Crippen LogP) is 0.290. The Morgan fingerprint density at radius 2 is 2.29 bits per heavy atom. The Morgan fingerprint density at radius 1 is 1.41 bits per heavy atom.